The zero-order valence-electron chi connectivity index (χ0n) is 7.44. The van der Waals surface area contributed by atoms with E-state index >= 15 is 0 Å². The van der Waals surface area contributed by atoms with E-state index in [9.17, 15) is 0 Å². The lowest BCUT2D eigenvalue weighted by Crippen LogP contribution is -2.29. The van der Waals surface area contributed by atoms with Gasteiger partial charge < -0.3 is 9.47 Å². The van der Waals surface area contributed by atoms with Gasteiger partial charge in [-0.25, -0.2) is 0 Å². The SMILES string of the molecule is C1=COc2ccc3c(c2=C1)=CC=CO3. The Kier molecular flexibility index (Phi) is 1.47. The Balaban J connectivity index is 2.46. The molecule has 0 amide bonds. The second-order valence-electron chi connectivity index (χ2n) is 3.12. The van der Waals surface area contributed by atoms with Gasteiger partial charge in [0.25, 0.3) is 0 Å². The topological polar surface area (TPSA) is 18.5 Å². The average Bonchev–Trinajstić information content (AvgIpc) is 2.29. The van der Waals surface area contributed by atoms with Gasteiger partial charge in [0.15, 0.2) is 0 Å². The van der Waals surface area contributed by atoms with Crippen LogP contribution in [0, 0.1) is 0 Å². The molecule has 0 radical (unpaired) electrons. The summed E-state index contributed by atoms with van der Waals surface area (Å²) in [6.45, 7) is 0. The molecule has 14 heavy (non-hydrogen) atoms. The highest BCUT2D eigenvalue weighted by atomic mass is 16.5. The van der Waals surface area contributed by atoms with Crippen LogP contribution in [0.2, 0.25) is 0 Å². The van der Waals surface area contributed by atoms with Crippen LogP contribution >= 0.6 is 0 Å². The molecule has 1 aromatic carbocycles. The van der Waals surface area contributed by atoms with Gasteiger partial charge in [-0.15, -0.1) is 0 Å². The molecule has 1 aromatic rings. The van der Waals surface area contributed by atoms with Crippen LogP contribution in [0.3, 0.4) is 0 Å². The molecular weight excluding hydrogens is 176 g/mol. The summed E-state index contributed by atoms with van der Waals surface area (Å²) in [7, 11) is 0. The molecule has 3 rings (SSSR count). The average molecular weight is 184 g/mol. The molecule has 0 bridgehead atoms. The van der Waals surface area contributed by atoms with Crippen LogP contribution < -0.4 is 19.9 Å². The number of allylic oxidation sites excluding steroid dienone is 2. The molecule has 2 heterocycles. The third kappa shape index (κ3) is 0.973. The van der Waals surface area contributed by atoms with Gasteiger partial charge in [-0.1, -0.05) is 0 Å². The molecule has 0 atom stereocenters. The monoisotopic (exact) mass is 184 g/mol. The number of rotatable bonds is 0. The van der Waals surface area contributed by atoms with E-state index in [0.717, 1.165) is 21.9 Å². The largest absolute Gasteiger partial charge is 0.464 e. The van der Waals surface area contributed by atoms with Crippen molar-refractivity contribution in [2.45, 2.75) is 0 Å². The molecule has 68 valence electrons. The molecule has 0 unspecified atom stereocenters. The summed E-state index contributed by atoms with van der Waals surface area (Å²) in [6.07, 6.45) is 11.2. The Bertz CT molecular complexity index is 499. The lowest BCUT2D eigenvalue weighted by atomic mass is 10.1. The van der Waals surface area contributed by atoms with Crippen molar-refractivity contribution in [1.29, 1.82) is 0 Å². The van der Waals surface area contributed by atoms with Crippen molar-refractivity contribution in [1.82, 2.24) is 0 Å². The fourth-order valence-electron chi connectivity index (χ4n) is 1.64. The van der Waals surface area contributed by atoms with E-state index < -0.39 is 0 Å². The molecule has 2 heteroatoms. The molecule has 0 saturated carbocycles. The first-order valence-corrected chi connectivity index (χ1v) is 4.45. The first-order valence-electron chi connectivity index (χ1n) is 4.45. The van der Waals surface area contributed by atoms with Gasteiger partial charge in [0.1, 0.15) is 11.5 Å². The minimum atomic E-state index is 0.876. The molecule has 2 aliphatic rings. The standard InChI is InChI=1S/C12H8O2/c1-3-9-10-4-2-8-14-12(10)6-5-11(9)13-7-1/h1-8H. The molecule has 0 aromatic heterocycles. The van der Waals surface area contributed by atoms with Crippen LogP contribution in [0.5, 0.6) is 11.5 Å². The summed E-state index contributed by atoms with van der Waals surface area (Å²) in [5, 5.41) is 2.16. The Morgan fingerprint density at radius 3 is 1.71 bits per heavy atom. The Morgan fingerprint density at radius 1 is 0.714 bits per heavy atom. The van der Waals surface area contributed by atoms with Gasteiger partial charge in [-0.05, 0) is 36.4 Å². The van der Waals surface area contributed by atoms with Crippen molar-refractivity contribution in [3.05, 3.63) is 47.2 Å². The van der Waals surface area contributed by atoms with E-state index in [1.165, 1.54) is 0 Å². The zero-order chi connectivity index (χ0) is 9.38. The van der Waals surface area contributed by atoms with Crippen molar-refractivity contribution < 1.29 is 9.47 Å². The van der Waals surface area contributed by atoms with E-state index in [1.54, 1.807) is 12.5 Å². The van der Waals surface area contributed by atoms with E-state index in [4.69, 9.17) is 9.47 Å². The van der Waals surface area contributed by atoms with Crippen LogP contribution in [0.15, 0.2) is 36.8 Å². The maximum atomic E-state index is 5.38. The Hall–Kier alpha value is -1.96. The normalized spacial score (nSPS) is 15.4. The van der Waals surface area contributed by atoms with Crippen LogP contribution in [-0.2, 0) is 0 Å². The predicted molar refractivity (Wildman–Crippen MR) is 54.2 cm³/mol. The van der Waals surface area contributed by atoms with Gasteiger partial charge in [0.05, 0.1) is 12.5 Å². The van der Waals surface area contributed by atoms with Crippen molar-refractivity contribution in [2.24, 2.45) is 0 Å². The maximum Gasteiger partial charge on any atom is 0.134 e. The first-order chi connectivity index (χ1) is 6.95. The molecule has 0 fully saturated rings. The minimum absolute atomic E-state index is 0.876. The molecule has 0 aliphatic carbocycles. The predicted octanol–water partition coefficient (Wildman–Crippen LogP) is 1.06. The van der Waals surface area contributed by atoms with E-state index in [2.05, 4.69) is 0 Å². The smallest absolute Gasteiger partial charge is 0.134 e. The fraction of sp³-hybridized carbons (Fsp3) is 0. The van der Waals surface area contributed by atoms with Crippen LogP contribution in [0.1, 0.15) is 0 Å². The van der Waals surface area contributed by atoms with Gasteiger partial charge in [-0.2, -0.15) is 0 Å². The van der Waals surface area contributed by atoms with Crippen molar-refractivity contribution >= 4 is 12.2 Å². The summed E-state index contributed by atoms with van der Waals surface area (Å²) < 4.78 is 10.8. The van der Waals surface area contributed by atoms with Crippen LogP contribution in [-0.4, -0.2) is 0 Å². The summed E-state index contributed by atoms with van der Waals surface area (Å²) in [4.78, 5) is 0. The fourth-order valence-corrected chi connectivity index (χ4v) is 1.64. The number of benzene rings is 1. The van der Waals surface area contributed by atoms with Crippen molar-refractivity contribution in [2.75, 3.05) is 0 Å². The highest BCUT2D eigenvalue weighted by Crippen LogP contribution is 2.12. The number of hydrogen-bond acceptors (Lipinski definition) is 2. The van der Waals surface area contributed by atoms with Gasteiger partial charge in [0, 0.05) is 10.4 Å². The highest BCUT2D eigenvalue weighted by molar-refractivity contribution is 5.54. The minimum Gasteiger partial charge on any atom is -0.464 e. The van der Waals surface area contributed by atoms with Crippen molar-refractivity contribution in [3.63, 3.8) is 0 Å². The molecule has 0 N–H and O–H groups in total. The number of hydrogen-bond donors (Lipinski definition) is 0. The van der Waals surface area contributed by atoms with E-state index in [0.29, 0.717) is 0 Å². The molecule has 0 saturated heterocycles. The lowest BCUT2D eigenvalue weighted by molar-refractivity contribution is 0.457. The number of fused-ring (bicyclic) bond motifs is 3. The second-order valence-corrected chi connectivity index (χ2v) is 3.12. The Labute approximate surface area is 81.1 Å². The molecule has 2 aliphatic heterocycles. The zero-order valence-corrected chi connectivity index (χ0v) is 7.44. The summed E-state index contributed by atoms with van der Waals surface area (Å²) >= 11 is 0. The quantitative estimate of drug-likeness (QED) is 0.600. The number of ether oxygens (including phenoxy) is 2. The third-order valence-electron chi connectivity index (χ3n) is 2.28. The van der Waals surface area contributed by atoms with E-state index in [-0.39, 0.29) is 0 Å². The first kappa shape index (κ1) is 7.44. The molecule has 2 nitrogen and oxygen atoms in total. The summed E-state index contributed by atoms with van der Waals surface area (Å²) in [5.41, 5.74) is 0. The molecular formula is C12H8O2. The Morgan fingerprint density at radius 2 is 1.21 bits per heavy atom. The second kappa shape index (κ2) is 2.77. The lowest BCUT2D eigenvalue weighted by Gasteiger charge is -2.10. The summed E-state index contributed by atoms with van der Waals surface area (Å²) in [5.74, 6) is 1.75. The van der Waals surface area contributed by atoms with Crippen molar-refractivity contribution in [3.8, 4) is 11.5 Å². The molecule has 0 spiro atoms. The highest BCUT2D eigenvalue weighted by Gasteiger charge is 2.06. The van der Waals surface area contributed by atoms with E-state index in [1.807, 2.05) is 36.4 Å². The maximum absolute atomic E-state index is 5.38. The van der Waals surface area contributed by atoms with Gasteiger partial charge in [-0.3, -0.25) is 0 Å². The van der Waals surface area contributed by atoms with Crippen LogP contribution in [0.4, 0.5) is 0 Å². The van der Waals surface area contributed by atoms with Gasteiger partial charge in [0.2, 0.25) is 0 Å². The summed E-state index contributed by atoms with van der Waals surface area (Å²) in [6, 6.07) is 3.84. The third-order valence-corrected chi connectivity index (χ3v) is 2.28. The van der Waals surface area contributed by atoms with Gasteiger partial charge >= 0.3 is 0 Å². The van der Waals surface area contributed by atoms with Crippen LogP contribution in [0.25, 0.3) is 12.2 Å².